The first-order valence-corrected chi connectivity index (χ1v) is 9.53. The fraction of sp³-hybridized carbons (Fsp3) is 0.409. The fourth-order valence-electron chi connectivity index (χ4n) is 3.93. The third-order valence-corrected chi connectivity index (χ3v) is 5.34. The lowest BCUT2D eigenvalue weighted by molar-refractivity contribution is 0.0781. The quantitative estimate of drug-likeness (QED) is 0.783. The molecular formula is C22H27N3O2. The van der Waals surface area contributed by atoms with Gasteiger partial charge in [0.05, 0.1) is 5.69 Å². The summed E-state index contributed by atoms with van der Waals surface area (Å²) in [7, 11) is 0. The number of carbonyl (C=O) groups is 2. The van der Waals surface area contributed by atoms with E-state index < -0.39 is 5.91 Å². The number of nitrogens with two attached hydrogens (primary N) is 1. The van der Waals surface area contributed by atoms with Gasteiger partial charge in [-0.15, -0.1) is 0 Å². The number of hydrogen-bond acceptors (Lipinski definition) is 3. The maximum atomic E-state index is 12.7. The van der Waals surface area contributed by atoms with Crippen LogP contribution in [0.2, 0.25) is 0 Å². The van der Waals surface area contributed by atoms with Gasteiger partial charge in [-0.2, -0.15) is 0 Å². The standard InChI is InChI=1S/C22H27N3O2/c1-15(2)13-22(8-4-9-22)14-25-21(27)18-6-3-5-16(11-18)19-12-17(20(23)26)7-10-24-19/h3,5-7,10-12,15H,4,8-9,13-14H2,1-2H3,(H2,23,26)(H,25,27). The van der Waals surface area contributed by atoms with Crippen molar-refractivity contribution >= 4 is 11.8 Å². The monoisotopic (exact) mass is 365 g/mol. The SMILES string of the molecule is CC(C)CC1(CNC(=O)c2cccc(-c3cc(C(N)=O)ccn3)c2)CCC1. The Morgan fingerprint density at radius 3 is 2.59 bits per heavy atom. The van der Waals surface area contributed by atoms with Crippen molar-refractivity contribution in [2.24, 2.45) is 17.1 Å². The average Bonchev–Trinajstić information content (AvgIpc) is 2.63. The summed E-state index contributed by atoms with van der Waals surface area (Å²) < 4.78 is 0. The van der Waals surface area contributed by atoms with Crippen molar-refractivity contribution in [3.8, 4) is 11.3 Å². The van der Waals surface area contributed by atoms with Gasteiger partial charge in [-0.3, -0.25) is 14.6 Å². The lowest BCUT2D eigenvalue weighted by atomic mass is 9.64. The van der Waals surface area contributed by atoms with Crippen LogP contribution >= 0.6 is 0 Å². The molecule has 1 aromatic heterocycles. The van der Waals surface area contributed by atoms with Crippen LogP contribution in [0.4, 0.5) is 0 Å². The molecule has 0 unspecified atom stereocenters. The Bertz CT molecular complexity index is 841. The van der Waals surface area contributed by atoms with Gasteiger partial charge >= 0.3 is 0 Å². The number of carbonyl (C=O) groups excluding carboxylic acids is 2. The van der Waals surface area contributed by atoms with E-state index in [1.807, 2.05) is 12.1 Å². The van der Waals surface area contributed by atoms with Crippen LogP contribution in [0.25, 0.3) is 11.3 Å². The van der Waals surface area contributed by atoms with Crippen LogP contribution in [0.15, 0.2) is 42.6 Å². The molecule has 1 saturated carbocycles. The maximum Gasteiger partial charge on any atom is 0.251 e. The van der Waals surface area contributed by atoms with E-state index in [-0.39, 0.29) is 11.3 Å². The van der Waals surface area contributed by atoms with E-state index in [1.54, 1.807) is 30.5 Å². The highest BCUT2D eigenvalue weighted by Gasteiger charge is 2.37. The Kier molecular flexibility index (Phi) is 5.59. The van der Waals surface area contributed by atoms with E-state index in [9.17, 15) is 9.59 Å². The summed E-state index contributed by atoms with van der Waals surface area (Å²) in [6, 6.07) is 10.5. The molecule has 2 amide bonds. The van der Waals surface area contributed by atoms with Crippen LogP contribution in [0.3, 0.4) is 0 Å². The predicted octanol–water partition coefficient (Wildman–Crippen LogP) is 3.79. The van der Waals surface area contributed by atoms with Crippen molar-refractivity contribution in [2.45, 2.75) is 39.5 Å². The number of hydrogen-bond donors (Lipinski definition) is 2. The lowest BCUT2D eigenvalue weighted by Crippen LogP contribution is -2.43. The molecule has 27 heavy (non-hydrogen) atoms. The van der Waals surface area contributed by atoms with Crippen LogP contribution in [0.5, 0.6) is 0 Å². The molecule has 3 rings (SSSR count). The number of aromatic nitrogens is 1. The Labute approximate surface area is 160 Å². The van der Waals surface area contributed by atoms with Crippen LogP contribution in [-0.4, -0.2) is 23.3 Å². The summed E-state index contributed by atoms with van der Waals surface area (Å²) in [6.45, 7) is 5.20. The van der Waals surface area contributed by atoms with E-state index in [2.05, 4.69) is 24.1 Å². The van der Waals surface area contributed by atoms with E-state index in [0.717, 1.165) is 18.5 Å². The first-order valence-electron chi connectivity index (χ1n) is 9.53. The normalized spacial score (nSPS) is 15.2. The maximum absolute atomic E-state index is 12.7. The molecule has 3 N–H and O–H groups in total. The van der Waals surface area contributed by atoms with E-state index in [1.165, 1.54) is 19.3 Å². The zero-order chi connectivity index (χ0) is 19.4. The first kappa shape index (κ1) is 19.1. The number of benzene rings is 1. The summed E-state index contributed by atoms with van der Waals surface area (Å²) in [5, 5.41) is 3.12. The van der Waals surface area contributed by atoms with Gasteiger partial charge in [0.2, 0.25) is 5.91 Å². The van der Waals surface area contributed by atoms with Crippen molar-refractivity contribution in [2.75, 3.05) is 6.54 Å². The second kappa shape index (κ2) is 7.91. The van der Waals surface area contributed by atoms with Crippen molar-refractivity contribution in [1.82, 2.24) is 10.3 Å². The Morgan fingerprint density at radius 1 is 1.19 bits per heavy atom. The smallest absolute Gasteiger partial charge is 0.251 e. The largest absolute Gasteiger partial charge is 0.366 e. The molecule has 1 fully saturated rings. The van der Waals surface area contributed by atoms with Crippen molar-refractivity contribution in [3.05, 3.63) is 53.7 Å². The highest BCUT2D eigenvalue weighted by atomic mass is 16.2. The summed E-state index contributed by atoms with van der Waals surface area (Å²) in [5.41, 5.74) is 8.00. The molecule has 2 aromatic rings. The molecule has 0 spiro atoms. The summed E-state index contributed by atoms with van der Waals surface area (Å²) in [4.78, 5) is 28.3. The van der Waals surface area contributed by atoms with Gasteiger partial charge in [0, 0.05) is 29.4 Å². The van der Waals surface area contributed by atoms with Crippen LogP contribution in [-0.2, 0) is 0 Å². The number of primary amides is 1. The molecule has 0 saturated heterocycles. The van der Waals surface area contributed by atoms with Crippen molar-refractivity contribution < 1.29 is 9.59 Å². The number of nitrogens with zero attached hydrogens (tertiary/aromatic N) is 1. The number of rotatable bonds is 7. The third kappa shape index (κ3) is 4.54. The molecule has 0 aliphatic heterocycles. The molecule has 0 radical (unpaired) electrons. The highest BCUT2D eigenvalue weighted by molar-refractivity contribution is 5.96. The molecule has 1 aliphatic carbocycles. The van der Waals surface area contributed by atoms with Gasteiger partial charge in [0.15, 0.2) is 0 Å². The molecule has 5 nitrogen and oxygen atoms in total. The first-order chi connectivity index (χ1) is 12.9. The highest BCUT2D eigenvalue weighted by Crippen LogP contribution is 2.45. The molecule has 5 heteroatoms. The number of nitrogens with one attached hydrogen (secondary N) is 1. The van der Waals surface area contributed by atoms with Gasteiger partial charge in [-0.05, 0) is 54.9 Å². The second-order valence-electron chi connectivity index (χ2n) is 8.01. The minimum Gasteiger partial charge on any atom is -0.366 e. The van der Waals surface area contributed by atoms with E-state index >= 15 is 0 Å². The topological polar surface area (TPSA) is 85.1 Å². The Hall–Kier alpha value is -2.69. The lowest BCUT2D eigenvalue weighted by Gasteiger charge is -2.43. The molecule has 0 atom stereocenters. The molecule has 0 bridgehead atoms. The average molecular weight is 365 g/mol. The van der Waals surface area contributed by atoms with Crippen molar-refractivity contribution in [1.29, 1.82) is 0 Å². The van der Waals surface area contributed by atoms with Crippen molar-refractivity contribution in [3.63, 3.8) is 0 Å². The summed E-state index contributed by atoms with van der Waals surface area (Å²) in [6.07, 6.45) is 6.33. The van der Waals surface area contributed by atoms with Gasteiger partial charge in [-0.1, -0.05) is 32.4 Å². The van der Waals surface area contributed by atoms with Gasteiger partial charge in [-0.25, -0.2) is 0 Å². The molecule has 1 aromatic carbocycles. The summed E-state index contributed by atoms with van der Waals surface area (Å²) >= 11 is 0. The van der Waals surface area contributed by atoms with Gasteiger partial charge < -0.3 is 11.1 Å². The van der Waals surface area contributed by atoms with Crippen LogP contribution in [0, 0.1) is 11.3 Å². The van der Waals surface area contributed by atoms with E-state index in [4.69, 9.17) is 5.73 Å². The molecule has 1 heterocycles. The van der Waals surface area contributed by atoms with E-state index in [0.29, 0.717) is 22.7 Å². The fourth-order valence-corrected chi connectivity index (χ4v) is 3.93. The predicted molar refractivity (Wildman–Crippen MR) is 106 cm³/mol. The van der Waals surface area contributed by atoms with Crippen LogP contribution < -0.4 is 11.1 Å². The summed E-state index contributed by atoms with van der Waals surface area (Å²) in [5.74, 6) is 0.0653. The molecular weight excluding hydrogens is 338 g/mol. The molecule has 142 valence electrons. The second-order valence-corrected chi connectivity index (χ2v) is 8.01. The molecule has 1 aliphatic rings. The third-order valence-electron chi connectivity index (χ3n) is 5.34. The minimum absolute atomic E-state index is 0.0714. The zero-order valence-corrected chi connectivity index (χ0v) is 16.0. The van der Waals surface area contributed by atoms with Gasteiger partial charge in [0.25, 0.3) is 5.91 Å². The Balaban J connectivity index is 1.72. The zero-order valence-electron chi connectivity index (χ0n) is 16.0. The van der Waals surface area contributed by atoms with Crippen LogP contribution in [0.1, 0.15) is 60.2 Å². The van der Waals surface area contributed by atoms with Gasteiger partial charge in [0.1, 0.15) is 0 Å². The minimum atomic E-state index is -0.497. The number of amides is 2. The Morgan fingerprint density at radius 2 is 1.96 bits per heavy atom. The number of pyridine rings is 1.